The van der Waals surface area contributed by atoms with Crippen LogP contribution in [0.3, 0.4) is 0 Å². The lowest BCUT2D eigenvalue weighted by molar-refractivity contribution is -0.141. The lowest BCUT2D eigenvalue weighted by Gasteiger charge is -2.25. The fraction of sp³-hybridized carbons (Fsp3) is 0.375. The van der Waals surface area contributed by atoms with Crippen molar-refractivity contribution in [1.29, 1.82) is 0 Å². The summed E-state index contributed by atoms with van der Waals surface area (Å²) < 4.78 is 37.9. The van der Waals surface area contributed by atoms with E-state index in [0.29, 0.717) is 6.54 Å². The molecule has 22 heavy (non-hydrogen) atoms. The van der Waals surface area contributed by atoms with E-state index in [1.807, 2.05) is 12.1 Å². The van der Waals surface area contributed by atoms with Crippen molar-refractivity contribution < 1.29 is 13.2 Å². The first kappa shape index (κ1) is 14.8. The third-order valence-electron chi connectivity index (χ3n) is 3.95. The van der Waals surface area contributed by atoms with Gasteiger partial charge in [-0.1, -0.05) is 24.3 Å². The Bertz CT molecular complexity index is 655. The van der Waals surface area contributed by atoms with Gasteiger partial charge in [-0.15, -0.1) is 0 Å². The van der Waals surface area contributed by atoms with Crippen molar-refractivity contribution in [2.75, 3.05) is 11.9 Å². The second kappa shape index (κ2) is 5.94. The van der Waals surface area contributed by atoms with E-state index in [0.717, 1.165) is 31.5 Å². The molecule has 0 radical (unpaired) electrons. The minimum atomic E-state index is -4.45. The molecule has 1 atom stereocenters. The number of hydrogen-bond donors (Lipinski definition) is 1. The van der Waals surface area contributed by atoms with Gasteiger partial charge in [0.1, 0.15) is 5.69 Å². The minimum absolute atomic E-state index is 0.0258. The van der Waals surface area contributed by atoms with Crippen molar-refractivity contribution in [1.82, 2.24) is 9.97 Å². The zero-order valence-electron chi connectivity index (χ0n) is 11.9. The van der Waals surface area contributed by atoms with Crippen LogP contribution in [-0.2, 0) is 12.6 Å². The summed E-state index contributed by atoms with van der Waals surface area (Å²) in [6.45, 7) is 0.540. The van der Waals surface area contributed by atoms with Crippen LogP contribution in [0.1, 0.15) is 35.6 Å². The van der Waals surface area contributed by atoms with Gasteiger partial charge in [0.05, 0.1) is 0 Å². The summed E-state index contributed by atoms with van der Waals surface area (Å²) in [5.74, 6) is 0.306. The molecule has 2 aromatic rings. The summed E-state index contributed by atoms with van der Waals surface area (Å²) in [7, 11) is 0. The number of halogens is 3. The van der Waals surface area contributed by atoms with Crippen LogP contribution < -0.4 is 5.32 Å². The van der Waals surface area contributed by atoms with Gasteiger partial charge in [-0.25, -0.2) is 9.97 Å². The molecule has 0 saturated heterocycles. The van der Waals surface area contributed by atoms with Crippen LogP contribution in [0.4, 0.5) is 19.1 Å². The molecule has 3 nitrogen and oxygen atoms in total. The van der Waals surface area contributed by atoms with Crippen molar-refractivity contribution >= 4 is 5.95 Å². The summed E-state index contributed by atoms with van der Waals surface area (Å²) in [4.78, 5) is 7.41. The largest absolute Gasteiger partial charge is 0.433 e. The number of benzene rings is 1. The Labute approximate surface area is 126 Å². The van der Waals surface area contributed by atoms with E-state index in [2.05, 4.69) is 27.4 Å². The number of alkyl halides is 3. The predicted molar refractivity (Wildman–Crippen MR) is 77.6 cm³/mol. The van der Waals surface area contributed by atoms with Gasteiger partial charge in [0.15, 0.2) is 0 Å². The van der Waals surface area contributed by atoms with Gasteiger partial charge in [0, 0.05) is 18.7 Å². The first-order valence-corrected chi connectivity index (χ1v) is 7.26. The molecule has 116 valence electrons. The molecule has 6 heteroatoms. The molecule has 1 unspecified atom stereocenters. The van der Waals surface area contributed by atoms with Crippen LogP contribution >= 0.6 is 0 Å². The Morgan fingerprint density at radius 2 is 2.00 bits per heavy atom. The highest BCUT2D eigenvalue weighted by atomic mass is 19.4. The van der Waals surface area contributed by atoms with E-state index in [1.165, 1.54) is 11.1 Å². The van der Waals surface area contributed by atoms with Crippen LogP contribution in [0.15, 0.2) is 36.5 Å². The molecule has 0 aliphatic heterocycles. The second-order valence-corrected chi connectivity index (χ2v) is 5.43. The van der Waals surface area contributed by atoms with E-state index in [9.17, 15) is 13.2 Å². The van der Waals surface area contributed by atoms with Crippen molar-refractivity contribution in [2.45, 2.75) is 31.4 Å². The van der Waals surface area contributed by atoms with Crippen LogP contribution in [0, 0.1) is 0 Å². The molecule has 0 fully saturated rings. The average molecular weight is 307 g/mol. The molecule has 3 rings (SSSR count). The summed E-state index contributed by atoms with van der Waals surface area (Å²) in [6, 6.07) is 9.10. The van der Waals surface area contributed by atoms with Gasteiger partial charge in [-0.2, -0.15) is 13.2 Å². The molecule has 1 aliphatic rings. The SMILES string of the molecule is FC(F)(F)c1ccnc(NCC2CCCc3ccccc32)n1. The number of fused-ring (bicyclic) bond motifs is 1. The van der Waals surface area contributed by atoms with E-state index in [1.54, 1.807) is 0 Å². The van der Waals surface area contributed by atoms with Crippen LogP contribution in [0.5, 0.6) is 0 Å². The van der Waals surface area contributed by atoms with E-state index >= 15 is 0 Å². The monoisotopic (exact) mass is 307 g/mol. The Kier molecular flexibility index (Phi) is 4.00. The molecule has 0 saturated carbocycles. The standard InChI is InChI=1S/C16H16F3N3/c17-16(18,19)14-8-9-20-15(22-14)21-10-12-6-3-5-11-4-1-2-7-13(11)12/h1-2,4,7-9,12H,3,5-6,10H2,(H,20,21,22). The maximum absolute atomic E-state index is 12.6. The molecule has 1 aromatic heterocycles. The van der Waals surface area contributed by atoms with Crippen molar-refractivity contribution in [3.8, 4) is 0 Å². The van der Waals surface area contributed by atoms with Gasteiger partial charge in [-0.05, 0) is 36.5 Å². The average Bonchev–Trinajstić information content (AvgIpc) is 2.52. The van der Waals surface area contributed by atoms with E-state index < -0.39 is 11.9 Å². The highest BCUT2D eigenvalue weighted by Gasteiger charge is 2.32. The van der Waals surface area contributed by atoms with Gasteiger partial charge >= 0.3 is 6.18 Å². The maximum Gasteiger partial charge on any atom is 0.433 e. The Morgan fingerprint density at radius 1 is 1.18 bits per heavy atom. The van der Waals surface area contributed by atoms with Gasteiger partial charge < -0.3 is 5.32 Å². The molecular weight excluding hydrogens is 291 g/mol. The van der Waals surface area contributed by atoms with Crippen LogP contribution in [0.2, 0.25) is 0 Å². The summed E-state index contributed by atoms with van der Waals surface area (Å²) in [6.07, 6.45) is -0.147. The molecular formula is C16H16F3N3. The van der Waals surface area contributed by atoms with Gasteiger partial charge in [-0.3, -0.25) is 0 Å². The third kappa shape index (κ3) is 3.21. The molecule has 1 aliphatic carbocycles. The van der Waals surface area contributed by atoms with Crippen molar-refractivity contribution in [3.05, 3.63) is 53.3 Å². The molecule has 0 amide bonds. The zero-order valence-corrected chi connectivity index (χ0v) is 11.9. The van der Waals surface area contributed by atoms with Gasteiger partial charge in [0.25, 0.3) is 0 Å². The number of nitrogens with one attached hydrogen (secondary N) is 1. The fourth-order valence-electron chi connectivity index (χ4n) is 2.88. The first-order chi connectivity index (χ1) is 10.5. The minimum Gasteiger partial charge on any atom is -0.354 e. The first-order valence-electron chi connectivity index (χ1n) is 7.26. The van der Waals surface area contributed by atoms with Crippen molar-refractivity contribution in [2.24, 2.45) is 0 Å². The lowest BCUT2D eigenvalue weighted by Crippen LogP contribution is -2.19. The summed E-state index contributed by atoms with van der Waals surface area (Å²) >= 11 is 0. The quantitative estimate of drug-likeness (QED) is 0.930. The maximum atomic E-state index is 12.6. The Balaban J connectivity index is 1.71. The molecule has 1 aromatic carbocycles. The fourth-order valence-corrected chi connectivity index (χ4v) is 2.88. The lowest BCUT2D eigenvalue weighted by atomic mass is 9.83. The highest BCUT2D eigenvalue weighted by Crippen LogP contribution is 2.32. The number of anilines is 1. The predicted octanol–water partition coefficient (Wildman–Crippen LogP) is 4.03. The number of nitrogens with zero attached hydrogens (tertiary/aromatic N) is 2. The second-order valence-electron chi connectivity index (χ2n) is 5.43. The molecule has 0 spiro atoms. The highest BCUT2D eigenvalue weighted by molar-refractivity contribution is 5.35. The summed E-state index contributed by atoms with van der Waals surface area (Å²) in [5, 5.41) is 2.95. The topological polar surface area (TPSA) is 37.8 Å². The number of aromatic nitrogens is 2. The van der Waals surface area contributed by atoms with Gasteiger partial charge in [0.2, 0.25) is 5.95 Å². The third-order valence-corrected chi connectivity index (χ3v) is 3.95. The molecule has 0 bridgehead atoms. The number of hydrogen-bond acceptors (Lipinski definition) is 3. The van der Waals surface area contributed by atoms with Crippen molar-refractivity contribution in [3.63, 3.8) is 0 Å². The summed E-state index contributed by atoms with van der Waals surface area (Å²) in [5.41, 5.74) is 1.67. The normalized spacial score (nSPS) is 17.9. The number of aryl methyl sites for hydroxylation is 1. The molecule has 1 heterocycles. The Hall–Kier alpha value is -2.11. The number of rotatable bonds is 3. The van der Waals surface area contributed by atoms with E-state index in [4.69, 9.17) is 0 Å². The van der Waals surface area contributed by atoms with Crippen LogP contribution in [0.25, 0.3) is 0 Å². The molecule has 1 N–H and O–H groups in total. The smallest absolute Gasteiger partial charge is 0.354 e. The Morgan fingerprint density at radius 3 is 2.82 bits per heavy atom. The zero-order chi connectivity index (χ0) is 15.6. The van der Waals surface area contributed by atoms with Crippen LogP contribution in [-0.4, -0.2) is 16.5 Å². The van der Waals surface area contributed by atoms with E-state index in [-0.39, 0.29) is 11.9 Å².